The maximum absolute atomic E-state index is 13.2. The van der Waals surface area contributed by atoms with E-state index in [1.165, 1.54) is 17.7 Å². The number of carbonyl (C=O) groups is 1. The van der Waals surface area contributed by atoms with Crippen LogP contribution in [0.15, 0.2) is 53.1 Å². The maximum atomic E-state index is 13.2. The third-order valence-corrected chi connectivity index (χ3v) is 5.33. The third-order valence-electron chi connectivity index (χ3n) is 5.33. The average molecular weight is 393 g/mol. The number of hydrogen-bond donors (Lipinski definition) is 0. The van der Waals surface area contributed by atoms with Gasteiger partial charge in [0.1, 0.15) is 11.9 Å². The van der Waals surface area contributed by atoms with Crippen molar-refractivity contribution in [3.63, 3.8) is 0 Å². The van der Waals surface area contributed by atoms with Gasteiger partial charge in [0.05, 0.1) is 0 Å². The molecule has 1 saturated heterocycles. The second kappa shape index (κ2) is 7.43. The molecule has 6 heteroatoms. The van der Waals surface area contributed by atoms with Crippen LogP contribution < -0.4 is 0 Å². The van der Waals surface area contributed by atoms with E-state index in [-0.39, 0.29) is 23.2 Å². The largest absolute Gasteiger partial charge is 0.337 e. The van der Waals surface area contributed by atoms with Gasteiger partial charge in [0.15, 0.2) is 0 Å². The summed E-state index contributed by atoms with van der Waals surface area (Å²) in [5.41, 5.74) is 3.05. The molecule has 0 radical (unpaired) electrons. The molecule has 1 fully saturated rings. The zero-order valence-electron chi connectivity index (χ0n) is 16.9. The minimum Gasteiger partial charge on any atom is -0.337 e. The summed E-state index contributed by atoms with van der Waals surface area (Å²) in [6, 6.07) is 14.0. The lowest BCUT2D eigenvalue weighted by molar-refractivity contribution is -0.129. The van der Waals surface area contributed by atoms with Crippen LogP contribution in [-0.2, 0) is 16.8 Å². The van der Waals surface area contributed by atoms with E-state index in [2.05, 4.69) is 43.0 Å². The molecule has 0 N–H and O–H groups in total. The van der Waals surface area contributed by atoms with Crippen LogP contribution in [0.25, 0.3) is 11.4 Å². The molecular weight excluding hydrogens is 369 g/mol. The molecular formula is C23H24FN3O2. The Hall–Kier alpha value is -3.02. The van der Waals surface area contributed by atoms with Crippen molar-refractivity contribution >= 4 is 5.91 Å². The summed E-state index contributed by atoms with van der Waals surface area (Å²) >= 11 is 0. The summed E-state index contributed by atoms with van der Waals surface area (Å²) in [5.74, 6) is 0.695. The van der Waals surface area contributed by atoms with Crippen molar-refractivity contribution < 1.29 is 13.7 Å². The molecule has 1 unspecified atom stereocenters. The molecule has 2 heterocycles. The van der Waals surface area contributed by atoms with Gasteiger partial charge in [-0.25, -0.2) is 4.39 Å². The lowest BCUT2D eigenvalue weighted by Gasteiger charge is -2.22. The molecule has 1 aliphatic heterocycles. The molecule has 3 aromatic rings. The number of amides is 1. The Labute approximate surface area is 169 Å². The molecule has 1 aliphatic rings. The normalized spacial score (nSPS) is 17.2. The van der Waals surface area contributed by atoms with Gasteiger partial charge in [-0.2, -0.15) is 4.98 Å². The first-order valence-corrected chi connectivity index (χ1v) is 9.80. The average Bonchev–Trinajstić information content (AvgIpc) is 3.30. The fourth-order valence-electron chi connectivity index (χ4n) is 3.58. The van der Waals surface area contributed by atoms with E-state index in [0.717, 1.165) is 11.1 Å². The van der Waals surface area contributed by atoms with Crippen molar-refractivity contribution in [2.24, 2.45) is 0 Å². The first kappa shape index (κ1) is 19.3. The number of rotatable bonds is 4. The molecule has 29 heavy (non-hydrogen) atoms. The van der Waals surface area contributed by atoms with Crippen molar-refractivity contribution in [1.29, 1.82) is 0 Å². The van der Waals surface area contributed by atoms with Crippen molar-refractivity contribution in [2.75, 3.05) is 0 Å². The summed E-state index contributed by atoms with van der Waals surface area (Å²) in [6.07, 6.45) is 1.06. The number of benzene rings is 2. The van der Waals surface area contributed by atoms with Crippen molar-refractivity contribution in [1.82, 2.24) is 15.0 Å². The Morgan fingerprint density at radius 1 is 1.10 bits per heavy atom. The number of hydrogen-bond acceptors (Lipinski definition) is 4. The Bertz CT molecular complexity index is 1000. The summed E-state index contributed by atoms with van der Waals surface area (Å²) in [6.45, 7) is 6.89. The second-order valence-electron chi connectivity index (χ2n) is 8.49. The topological polar surface area (TPSA) is 59.2 Å². The Morgan fingerprint density at radius 2 is 1.79 bits per heavy atom. The Kier molecular flexibility index (Phi) is 4.94. The van der Waals surface area contributed by atoms with E-state index in [4.69, 9.17) is 4.52 Å². The monoisotopic (exact) mass is 393 g/mol. The summed E-state index contributed by atoms with van der Waals surface area (Å²) in [5, 5.41) is 4.13. The van der Waals surface area contributed by atoms with Crippen LogP contribution in [0.4, 0.5) is 4.39 Å². The zero-order chi connectivity index (χ0) is 20.6. The van der Waals surface area contributed by atoms with Gasteiger partial charge >= 0.3 is 0 Å². The van der Waals surface area contributed by atoms with Crippen LogP contribution >= 0.6 is 0 Å². The first-order valence-electron chi connectivity index (χ1n) is 9.80. The first-order chi connectivity index (χ1) is 13.8. The molecule has 0 bridgehead atoms. The molecule has 2 aromatic carbocycles. The van der Waals surface area contributed by atoms with Gasteiger partial charge in [-0.15, -0.1) is 0 Å². The van der Waals surface area contributed by atoms with Gasteiger partial charge < -0.3 is 9.42 Å². The highest BCUT2D eigenvalue weighted by atomic mass is 19.1. The molecule has 1 aromatic heterocycles. The smallest absolute Gasteiger partial charge is 0.249 e. The summed E-state index contributed by atoms with van der Waals surface area (Å²) in [7, 11) is 0. The van der Waals surface area contributed by atoms with Gasteiger partial charge in [-0.3, -0.25) is 4.79 Å². The predicted molar refractivity (Wildman–Crippen MR) is 107 cm³/mol. The lowest BCUT2D eigenvalue weighted by Crippen LogP contribution is -2.27. The van der Waals surface area contributed by atoms with E-state index in [0.29, 0.717) is 31.1 Å². The maximum Gasteiger partial charge on any atom is 0.249 e. The van der Waals surface area contributed by atoms with Crippen molar-refractivity contribution in [3.8, 4) is 11.4 Å². The van der Waals surface area contributed by atoms with Crippen LogP contribution in [0.1, 0.15) is 56.7 Å². The van der Waals surface area contributed by atoms with Gasteiger partial charge in [0, 0.05) is 18.5 Å². The highest BCUT2D eigenvalue weighted by Gasteiger charge is 2.36. The van der Waals surface area contributed by atoms with Crippen LogP contribution in [0.2, 0.25) is 0 Å². The van der Waals surface area contributed by atoms with Gasteiger partial charge in [0.2, 0.25) is 17.6 Å². The molecule has 150 valence electrons. The number of carbonyl (C=O) groups excluding carboxylic acids is 1. The number of nitrogens with zero attached hydrogens (tertiary/aromatic N) is 3. The van der Waals surface area contributed by atoms with E-state index in [9.17, 15) is 9.18 Å². The zero-order valence-corrected chi connectivity index (χ0v) is 16.9. The van der Waals surface area contributed by atoms with Crippen molar-refractivity contribution in [3.05, 3.63) is 71.4 Å². The molecule has 5 nitrogen and oxygen atoms in total. The molecule has 1 amide bonds. The summed E-state index contributed by atoms with van der Waals surface area (Å²) in [4.78, 5) is 18.7. The highest BCUT2D eigenvalue weighted by molar-refractivity contribution is 5.78. The van der Waals surface area contributed by atoms with Crippen molar-refractivity contribution in [2.45, 2.75) is 51.6 Å². The van der Waals surface area contributed by atoms with E-state index < -0.39 is 0 Å². The van der Waals surface area contributed by atoms with E-state index in [1.54, 1.807) is 17.0 Å². The molecule has 0 saturated carbocycles. The Balaban J connectivity index is 1.54. The van der Waals surface area contributed by atoms with Crippen LogP contribution in [0.5, 0.6) is 0 Å². The minimum atomic E-state index is -0.294. The fourth-order valence-corrected chi connectivity index (χ4v) is 3.58. The molecule has 0 spiro atoms. The highest BCUT2D eigenvalue weighted by Crippen LogP contribution is 2.34. The summed E-state index contributed by atoms with van der Waals surface area (Å²) < 4.78 is 18.7. The quantitative estimate of drug-likeness (QED) is 0.623. The number of likely N-dealkylation sites (tertiary alicyclic amines) is 1. The predicted octanol–water partition coefficient (Wildman–Crippen LogP) is 5.04. The van der Waals surface area contributed by atoms with Gasteiger partial charge in [0.25, 0.3) is 0 Å². The third kappa shape index (κ3) is 4.06. The van der Waals surface area contributed by atoms with E-state index in [1.807, 2.05) is 12.1 Å². The second-order valence-corrected chi connectivity index (χ2v) is 8.49. The number of halogens is 1. The molecule has 4 rings (SSSR count). The fraction of sp³-hybridized carbons (Fsp3) is 0.348. The molecule has 1 atom stereocenters. The van der Waals surface area contributed by atoms with Crippen LogP contribution in [0, 0.1) is 5.82 Å². The lowest BCUT2D eigenvalue weighted by atomic mass is 9.87. The Morgan fingerprint density at radius 3 is 2.45 bits per heavy atom. The van der Waals surface area contributed by atoms with Crippen LogP contribution in [0.3, 0.4) is 0 Å². The van der Waals surface area contributed by atoms with Gasteiger partial charge in [-0.05, 0) is 35.1 Å². The van der Waals surface area contributed by atoms with E-state index >= 15 is 0 Å². The minimum absolute atomic E-state index is 0.0357. The number of aromatic nitrogens is 2. The molecule has 0 aliphatic carbocycles. The van der Waals surface area contributed by atoms with Crippen LogP contribution in [-0.4, -0.2) is 20.9 Å². The van der Waals surface area contributed by atoms with Gasteiger partial charge in [-0.1, -0.05) is 62.3 Å². The standard InChI is InChI=1S/C23H24FN3O2/c1-23(2,3)17-8-6-16(7-9-17)21-25-22(29-26-21)19-12-13-20(28)27(19)14-15-4-10-18(24)11-5-15/h4-11,19H,12-14H2,1-3H3. The SMILES string of the molecule is CC(C)(C)c1ccc(-c2noc(C3CCC(=O)N3Cc3ccc(F)cc3)n2)cc1.